The fraction of sp³-hybridized carbons (Fsp3) is 0.0526. The van der Waals surface area contributed by atoms with Crippen LogP contribution in [0.5, 0.6) is 0 Å². The van der Waals surface area contributed by atoms with Crippen LogP contribution in [0.1, 0.15) is 26.3 Å². The van der Waals surface area contributed by atoms with Gasteiger partial charge < -0.3 is 0 Å². The van der Waals surface area contributed by atoms with Crippen molar-refractivity contribution in [1.29, 1.82) is 0 Å². The van der Waals surface area contributed by atoms with E-state index in [1.165, 1.54) is 12.1 Å². The third-order valence-electron chi connectivity index (χ3n) is 4.67. The Labute approximate surface area is 162 Å². The predicted octanol–water partition coefficient (Wildman–Crippen LogP) is 3.59. The van der Waals surface area contributed by atoms with Gasteiger partial charge in [0.05, 0.1) is 26.7 Å². The van der Waals surface area contributed by atoms with Crippen molar-refractivity contribution in [3.8, 4) is 0 Å². The second-order valence-corrected chi connectivity index (χ2v) is 6.45. The number of hydrazine groups is 1. The van der Waals surface area contributed by atoms with Crippen LogP contribution >= 0.6 is 0 Å². The number of nitro benzene ring substituents is 2. The Kier molecular flexibility index (Phi) is 3.97. The Bertz CT molecular complexity index is 1170. The molecule has 3 aromatic rings. The summed E-state index contributed by atoms with van der Waals surface area (Å²) in [6, 6.07) is 11.4. The zero-order valence-electron chi connectivity index (χ0n) is 14.9. The largest absolute Gasteiger partial charge is 0.288 e. The van der Waals surface area contributed by atoms with Crippen LogP contribution in [0.3, 0.4) is 0 Å². The molecule has 4 rings (SSSR count). The van der Waals surface area contributed by atoms with Crippen molar-refractivity contribution in [3.05, 3.63) is 85.4 Å². The van der Waals surface area contributed by atoms with Gasteiger partial charge in [-0.1, -0.05) is 17.7 Å². The molecule has 0 aromatic heterocycles. The van der Waals surface area contributed by atoms with Crippen molar-refractivity contribution >= 4 is 39.6 Å². The molecule has 29 heavy (non-hydrogen) atoms. The summed E-state index contributed by atoms with van der Waals surface area (Å²) >= 11 is 0. The first-order chi connectivity index (χ1) is 13.8. The summed E-state index contributed by atoms with van der Waals surface area (Å²) in [5.74, 6) is -1.52. The molecular weight excluding hydrogens is 380 g/mol. The number of nitrogens with zero attached hydrogens (tertiary/aromatic N) is 3. The minimum Gasteiger partial charge on any atom is -0.288 e. The molecule has 0 saturated heterocycles. The minimum atomic E-state index is -0.776. The fourth-order valence-electron chi connectivity index (χ4n) is 3.31. The Morgan fingerprint density at radius 2 is 1.24 bits per heavy atom. The lowest BCUT2D eigenvalue weighted by molar-refractivity contribution is -0.390. The van der Waals surface area contributed by atoms with Gasteiger partial charge >= 0.3 is 0 Å². The molecule has 0 radical (unpaired) electrons. The number of nitro groups is 2. The van der Waals surface area contributed by atoms with Crippen LogP contribution in [0.25, 0.3) is 10.8 Å². The predicted molar refractivity (Wildman–Crippen MR) is 103 cm³/mol. The van der Waals surface area contributed by atoms with Gasteiger partial charge in [0.1, 0.15) is 5.39 Å². The summed E-state index contributed by atoms with van der Waals surface area (Å²) in [7, 11) is 0. The molecule has 3 aromatic carbocycles. The fourth-order valence-corrected chi connectivity index (χ4v) is 3.31. The summed E-state index contributed by atoms with van der Waals surface area (Å²) < 4.78 is 0. The number of carbonyl (C=O) groups is 2. The average Bonchev–Trinajstić information content (AvgIpc) is 2.69. The summed E-state index contributed by atoms with van der Waals surface area (Å²) in [5, 5.41) is 23.2. The first-order valence-corrected chi connectivity index (χ1v) is 8.40. The number of carbonyl (C=O) groups excluding carboxylic acids is 2. The maximum absolute atomic E-state index is 13.0. The number of rotatable bonds is 4. The number of nitrogens with one attached hydrogen (secondary N) is 1. The Morgan fingerprint density at radius 1 is 0.759 bits per heavy atom. The van der Waals surface area contributed by atoms with E-state index in [1.54, 1.807) is 24.3 Å². The zero-order valence-corrected chi connectivity index (χ0v) is 14.9. The molecule has 1 heterocycles. The highest BCUT2D eigenvalue weighted by Gasteiger charge is 2.38. The molecule has 0 atom stereocenters. The lowest BCUT2D eigenvalue weighted by Crippen LogP contribution is -2.44. The number of amides is 2. The van der Waals surface area contributed by atoms with Crippen molar-refractivity contribution < 1.29 is 19.4 Å². The summed E-state index contributed by atoms with van der Waals surface area (Å²) in [6.45, 7) is 1.89. The van der Waals surface area contributed by atoms with Crippen LogP contribution < -0.4 is 5.43 Å². The lowest BCUT2D eigenvalue weighted by Gasteiger charge is -2.27. The van der Waals surface area contributed by atoms with Crippen LogP contribution in [0.15, 0.2) is 48.5 Å². The molecule has 10 nitrogen and oxygen atoms in total. The number of anilines is 1. The van der Waals surface area contributed by atoms with E-state index >= 15 is 0 Å². The highest BCUT2D eigenvalue weighted by atomic mass is 16.6. The number of imide groups is 1. The molecule has 1 N–H and O–H groups in total. The van der Waals surface area contributed by atoms with Gasteiger partial charge in [0.2, 0.25) is 0 Å². The van der Waals surface area contributed by atoms with Gasteiger partial charge in [0.25, 0.3) is 23.2 Å². The van der Waals surface area contributed by atoms with E-state index < -0.39 is 33.0 Å². The lowest BCUT2D eigenvalue weighted by atomic mass is 9.92. The smallest absolute Gasteiger partial charge is 0.284 e. The van der Waals surface area contributed by atoms with Crippen molar-refractivity contribution in [1.82, 2.24) is 5.01 Å². The Morgan fingerprint density at radius 3 is 1.69 bits per heavy atom. The van der Waals surface area contributed by atoms with E-state index in [0.717, 1.165) is 22.7 Å². The van der Waals surface area contributed by atoms with E-state index in [2.05, 4.69) is 5.43 Å². The van der Waals surface area contributed by atoms with Crippen LogP contribution in [-0.4, -0.2) is 26.7 Å². The molecule has 0 aliphatic carbocycles. The third kappa shape index (κ3) is 2.74. The minimum absolute atomic E-state index is 0.0384. The summed E-state index contributed by atoms with van der Waals surface area (Å²) in [5.41, 5.74) is 3.04. The van der Waals surface area contributed by atoms with E-state index in [-0.39, 0.29) is 21.9 Å². The molecule has 0 saturated carbocycles. The standard InChI is InChI=1S/C19H12N4O6/c1-10-2-4-11(5-3-10)20-21-18(24)12-6-8-14(22(26)27)17-15(23(28)29)9-7-13(16(12)17)19(21)25/h2-9,20H,1H3. The zero-order chi connectivity index (χ0) is 20.9. The van der Waals surface area contributed by atoms with E-state index in [9.17, 15) is 29.8 Å². The number of hydrogen-bond donors (Lipinski definition) is 1. The highest BCUT2D eigenvalue weighted by molar-refractivity contribution is 6.28. The van der Waals surface area contributed by atoms with Crippen molar-refractivity contribution in [2.45, 2.75) is 6.92 Å². The molecule has 0 fully saturated rings. The quantitative estimate of drug-likeness (QED) is 0.407. The SMILES string of the molecule is Cc1ccc(NN2C(=O)c3ccc([N+](=O)[O-])c4c([N+](=O)[O-])ccc(c34)C2=O)cc1. The second kappa shape index (κ2) is 6.37. The topological polar surface area (TPSA) is 136 Å². The average molecular weight is 392 g/mol. The number of hydrogen-bond acceptors (Lipinski definition) is 7. The maximum atomic E-state index is 13.0. The van der Waals surface area contributed by atoms with Crippen LogP contribution in [-0.2, 0) is 0 Å². The first kappa shape index (κ1) is 18.0. The van der Waals surface area contributed by atoms with Gasteiger partial charge in [-0.3, -0.25) is 35.2 Å². The van der Waals surface area contributed by atoms with Crippen molar-refractivity contribution in [2.75, 3.05) is 5.43 Å². The van der Waals surface area contributed by atoms with Crippen molar-refractivity contribution in [2.24, 2.45) is 0 Å². The molecule has 0 bridgehead atoms. The van der Waals surface area contributed by atoms with E-state index in [0.29, 0.717) is 5.69 Å². The Hall–Kier alpha value is -4.34. The van der Waals surface area contributed by atoms with Gasteiger partial charge in [-0.15, -0.1) is 0 Å². The van der Waals surface area contributed by atoms with Gasteiger partial charge in [-0.2, -0.15) is 5.01 Å². The molecular formula is C19H12N4O6. The van der Waals surface area contributed by atoms with E-state index in [1.807, 2.05) is 6.92 Å². The summed E-state index contributed by atoms with van der Waals surface area (Å²) in [6.07, 6.45) is 0. The van der Waals surface area contributed by atoms with Gasteiger partial charge in [0.15, 0.2) is 0 Å². The Balaban J connectivity index is 1.93. The van der Waals surface area contributed by atoms with Gasteiger partial charge in [-0.25, -0.2) is 0 Å². The number of benzene rings is 3. The van der Waals surface area contributed by atoms with Crippen LogP contribution in [0, 0.1) is 27.2 Å². The molecule has 1 aliphatic rings. The molecule has 144 valence electrons. The van der Waals surface area contributed by atoms with Gasteiger partial charge in [-0.05, 0) is 31.2 Å². The molecule has 2 amide bonds. The van der Waals surface area contributed by atoms with Crippen LogP contribution in [0.2, 0.25) is 0 Å². The summed E-state index contributed by atoms with van der Waals surface area (Å²) in [4.78, 5) is 47.2. The number of aryl methyl sites for hydroxylation is 1. The molecule has 0 spiro atoms. The third-order valence-corrected chi connectivity index (χ3v) is 4.67. The normalized spacial score (nSPS) is 12.9. The van der Waals surface area contributed by atoms with Gasteiger partial charge in [0, 0.05) is 17.5 Å². The maximum Gasteiger partial charge on any atom is 0.284 e. The monoisotopic (exact) mass is 392 g/mol. The highest BCUT2D eigenvalue weighted by Crippen LogP contribution is 2.40. The molecule has 0 unspecified atom stereocenters. The van der Waals surface area contributed by atoms with E-state index in [4.69, 9.17) is 0 Å². The van der Waals surface area contributed by atoms with Crippen LogP contribution in [0.4, 0.5) is 17.1 Å². The van der Waals surface area contributed by atoms with Crippen molar-refractivity contribution in [3.63, 3.8) is 0 Å². The number of non-ortho nitro benzene ring substituents is 2. The molecule has 1 aliphatic heterocycles. The first-order valence-electron chi connectivity index (χ1n) is 8.40. The second-order valence-electron chi connectivity index (χ2n) is 6.45. The molecule has 10 heteroatoms.